The Bertz CT molecular complexity index is 342. The van der Waals surface area contributed by atoms with Gasteiger partial charge < -0.3 is 0 Å². The molecule has 68 valence electrons. The van der Waals surface area contributed by atoms with Crippen molar-refractivity contribution in [3.8, 4) is 0 Å². The van der Waals surface area contributed by atoms with Crippen molar-refractivity contribution in [2.75, 3.05) is 0 Å². The lowest BCUT2D eigenvalue weighted by Crippen LogP contribution is -1.87. The van der Waals surface area contributed by atoms with Crippen LogP contribution < -0.4 is 0 Å². The molecule has 4 nitrogen and oxygen atoms in total. The van der Waals surface area contributed by atoms with Crippen LogP contribution in [0.4, 0.5) is 0 Å². The maximum Gasteiger partial charge on any atom is 0.184 e. The van der Waals surface area contributed by atoms with Crippen molar-refractivity contribution in [2.24, 2.45) is 0 Å². The fourth-order valence-electron chi connectivity index (χ4n) is 0.904. The first kappa shape index (κ1) is 8.71. The first-order chi connectivity index (χ1) is 6.36. The van der Waals surface area contributed by atoms with E-state index in [1.54, 1.807) is 23.1 Å². The Hall–Kier alpha value is -0.880. The number of thiazole rings is 1. The summed E-state index contributed by atoms with van der Waals surface area (Å²) in [5.74, 6) is 0. The van der Waals surface area contributed by atoms with Gasteiger partial charge in [0, 0.05) is 11.6 Å². The van der Waals surface area contributed by atoms with Crippen molar-refractivity contribution in [2.45, 2.75) is 17.3 Å². The highest BCUT2D eigenvalue weighted by molar-refractivity contribution is 7.99. The minimum Gasteiger partial charge on any atom is -0.254 e. The summed E-state index contributed by atoms with van der Waals surface area (Å²) >= 11 is 3.29. The number of aromatic amines is 1. The summed E-state index contributed by atoms with van der Waals surface area (Å²) in [4.78, 5) is 8.27. The molecule has 1 unspecified atom stereocenters. The van der Waals surface area contributed by atoms with Gasteiger partial charge in [-0.2, -0.15) is 5.10 Å². The second-order valence-electron chi connectivity index (χ2n) is 2.42. The summed E-state index contributed by atoms with van der Waals surface area (Å²) < 4.78 is 0. The summed E-state index contributed by atoms with van der Waals surface area (Å²) in [5, 5.41) is 10.8. The van der Waals surface area contributed by atoms with Crippen LogP contribution in [0, 0.1) is 0 Å². The molecule has 2 heterocycles. The number of hydrogen-bond acceptors (Lipinski definition) is 5. The highest BCUT2D eigenvalue weighted by Crippen LogP contribution is 2.32. The van der Waals surface area contributed by atoms with Crippen molar-refractivity contribution < 1.29 is 0 Å². The molecule has 0 aromatic carbocycles. The van der Waals surface area contributed by atoms with E-state index < -0.39 is 0 Å². The average Bonchev–Trinajstić information content (AvgIpc) is 2.74. The molecule has 0 fully saturated rings. The van der Waals surface area contributed by atoms with Gasteiger partial charge in [-0.1, -0.05) is 11.8 Å². The Balaban J connectivity index is 2.04. The fraction of sp³-hybridized carbons (Fsp3) is 0.286. The first-order valence-corrected chi connectivity index (χ1v) is 5.53. The van der Waals surface area contributed by atoms with Crippen LogP contribution in [0.3, 0.4) is 0 Å². The van der Waals surface area contributed by atoms with Gasteiger partial charge >= 0.3 is 0 Å². The smallest absolute Gasteiger partial charge is 0.184 e. The topological polar surface area (TPSA) is 54.5 Å². The molecule has 0 saturated heterocycles. The van der Waals surface area contributed by atoms with Crippen molar-refractivity contribution >= 4 is 23.1 Å². The Morgan fingerprint density at radius 2 is 2.46 bits per heavy atom. The van der Waals surface area contributed by atoms with E-state index in [1.807, 2.05) is 11.6 Å². The van der Waals surface area contributed by atoms with E-state index in [0.717, 1.165) is 10.2 Å². The zero-order valence-electron chi connectivity index (χ0n) is 6.97. The Morgan fingerprint density at radius 3 is 3.08 bits per heavy atom. The quantitative estimate of drug-likeness (QED) is 0.792. The van der Waals surface area contributed by atoms with E-state index in [4.69, 9.17) is 0 Å². The van der Waals surface area contributed by atoms with Crippen molar-refractivity contribution in [1.82, 2.24) is 20.2 Å². The van der Waals surface area contributed by atoms with E-state index in [1.165, 1.54) is 6.33 Å². The van der Waals surface area contributed by atoms with E-state index >= 15 is 0 Å². The molecule has 2 aromatic rings. The summed E-state index contributed by atoms with van der Waals surface area (Å²) in [6.45, 7) is 2.10. The molecule has 2 rings (SSSR count). The van der Waals surface area contributed by atoms with Gasteiger partial charge in [-0.05, 0) is 6.92 Å². The maximum absolute atomic E-state index is 4.23. The minimum absolute atomic E-state index is 0.327. The monoisotopic (exact) mass is 212 g/mol. The van der Waals surface area contributed by atoms with Crippen molar-refractivity contribution in [3.05, 3.63) is 22.9 Å². The molecule has 0 saturated carbocycles. The van der Waals surface area contributed by atoms with E-state index in [9.17, 15) is 0 Å². The minimum atomic E-state index is 0.327. The highest BCUT2D eigenvalue weighted by Gasteiger charge is 2.10. The van der Waals surface area contributed by atoms with Crippen LogP contribution in [0.5, 0.6) is 0 Å². The second kappa shape index (κ2) is 3.89. The molecule has 1 atom stereocenters. The van der Waals surface area contributed by atoms with Crippen LogP contribution in [0.25, 0.3) is 0 Å². The lowest BCUT2D eigenvalue weighted by Gasteiger charge is -2.03. The van der Waals surface area contributed by atoms with E-state index in [2.05, 4.69) is 27.1 Å². The fourth-order valence-corrected chi connectivity index (χ4v) is 2.50. The van der Waals surface area contributed by atoms with E-state index in [0.29, 0.717) is 5.25 Å². The zero-order valence-corrected chi connectivity index (χ0v) is 8.60. The van der Waals surface area contributed by atoms with Crippen LogP contribution in [0.15, 0.2) is 23.1 Å². The third-order valence-corrected chi connectivity index (χ3v) is 3.58. The molecule has 0 amide bonds. The van der Waals surface area contributed by atoms with Gasteiger partial charge in [0.1, 0.15) is 11.3 Å². The number of nitrogens with one attached hydrogen (secondary N) is 1. The molecular formula is C7H8N4S2. The number of rotatable bonds is 3. The molecule has 0 spiro atoms. The molecule has 0 aliphatic carbocycles. The molecule has 1 N–H and O–H groups in total. The largest absolute Gasteiger partial charge is 0.254 e. The number of H-pyrrole nitrogens is 1. The van der Waals surface area contributed by atoms with Crippen LogP contribution in [-0.2, 0) is 0 Å². The van der Waals surface area contributed by atoms with Crippen LogP contribution in [-0.4, -0.2) is 20.2 Å². The Morgan fingerprint density at radius 1 is 1.54 bits per heavy atom. The van der Waals surface area contributed by atoms with Gasteiger partial charge in [0.25, 0.3) is 0 Å². The first-order valence-electron chi connectivity index (χ1n) is 3.77. The summed E-state index contributed by atoms with van der Waals surface area (Å²) in [5.41, 5.74) is 0. The molecular weight excluding hydrogens is 204 g/mol. The Labute approximate surface area is 83.8 Å². The normalized spacial score (nSPS) is 13.0. The molecule has 0 bridgehead atoms. The molecule has 6 heteroatoms. The average molecular weight is 212 g/mol. The third-order valence-electron chi connectivity index (χ3n) is 1.48. The molecule has 0 radical (unpaired) electrons. The van der Waals surface area contributed by atoms with Gasteiger partial charge in [0.15, 0.2) is 5.16 Å². The van der Waals surface area contributed by atoms with Gasteiger partial charge in [0.2, 0.25) is 0 Å². The predicted molar refractivity (Wildman–Crippen MR) is 52.8 cm³/mol. The number of nitrogens with zero attached hydrogens (tertiary/aromatic N) is 3. The van der Waals surface area contributed by atoms with E-state index in [-0.39, 0.29) is 0 Å². The van der Waals surface area contributed by atoms with Gasteiger partial charge in [-0.25, -0.2) is 9.97 Å². The summed E-state index contributed by atoms with van der Waals surface area (Å²) in [6.07, 6.45) is 3.33. The lowest BCUT2D eigenvalue weighted by atomic mass is 10.5. The highest BCUT2D eigenvalue weighted by atomic mass is 32.2. The maximum atomic E-state index is 4.23. The third kappa shape index (κ3) is 2.07. The molecule has 13 heavy (non-hydrogen) atoms. The van der Waals surface area contributed by atoms with Crippen LogP contribution in [0.2, 0.25) is 0 Å². The molecule has 0 aliphatic rings. The van der Waals surface area contributed by atoms with Crippen LogP contribution in [0.1, 0.15) is 17.2 Å². The summed E-state index contributed by atoms with van der Waals surface area (Å²) in [6, 6.07) is 0. The number of hydrogen-bond donors (Lipinski definition) is 1. The number of thioether (sulfide) groups is 1. The standard InChI is InChI=1S/C7H8N4S2/c1-5(6-8-2-3-12-6)13-7-9-4-10-11-7/h2-5H,1H3,(H,9,10,11). The molecule has 0 aliphatic heterocycles. The lowest BCUT2D eigenvalue weighted by molar-refractivity contribution is 0.956. The summed E-state index contributed by atoms with van der Waals surface area (Å²) in [7, 11) is 0. The van der Waals surface area contributed by atoms with Crippen molar-refractivity contribution in [3.63, 3.8) is 0 Å². The zero-order chi connectivity index (χ0) is 9.10. The van der Waals surface area contributed by atoms with Gasteiger partial charge in [0.05, 0.1) is 5.25 Å². The second-order valence-corrected chi connectivity index (χ2v) is 4.68. The van der Waals surface area contributed by atoms with Crippen LogP contribution >= 0.6 is 23.1 Å². The Kier molecular flexibility index (Phi) is 2.60. The van der Waals surface area contributed by atoms with Gasteiger partial charge in [-0.15, -0.1) is 11.3 Å². The number of aromatic nitrogens is 4. The van der Waals surface area contributed by atoms with Gasteiger partial charge in [-0.3, -0.25) is 5.10 Å². The molecule has 2 aromatic heterocycles. The van der Waals surface area contributed by atoms with Crippen molar-refractivity contribution in [1.29, 1.82) is 0 Å². The SMILES string of the molecule is CC(Sc1ncn[nH]1)c1nccs1. The predicted octanol–water partition coefficient (Wildman–Crippen LogP) is 2.11.